The lowest BCUT2D eigenvalue weighted by atomic mass is 9.90. The number of hydrogen-bond donors (Lipinski definition) is 2. The normalized spacial score (nSPS) is 27.2. The van der Waals surface area contributed by atoms with Crippen LogP contribution in [0.2, 0.25) is 0 Å². The molecule has 90 valence electrons. The third kappa shape index (κ3) is 4.09. The van der Waals surface area contributed by atoms with Gasteiger partial charge < -0.3 is 10.4 Å². The molecule has 1 aliphatic carbocycles. The van der Waals surface area contributed by atoms with Crippen molar-refractivity contribution in [2.24, 2.45) is 0 Å². The average Bonchev–Trinajstić information content (AvgIpc) is 2.28. The van der Waals surface area contributed by atoms with Gasteiger partial charge in [-0.15, -0.1) is 0 Å². The fourth-order valence-corrected chi connectivity index (χ4v) is 2.66. The van der Waals surface area contributed by atoms with E-state index in [-0.39, 0.29) is 0 Å². The lowest BCUT2D eigenvalue weighted by Gasteiger charge is -2.36. The van der Waals surface area contributed by atoms with Gasteiger partial charge in [-0.05, 0) is 38.8 Å². The van der Waals surface area contributed by atoms with Gasteiger partial charge in [0.1, 0.15) is 0 Å². The third-order valence-electron chi connectivity index (χ3n) is 3.50. The molecule has 15 heavy (non-hydrogen) atoms. The number of hydrogen-bond acceptors (Lipinski definition) is 3. The molecule has 0 unspecified atom stereocenters. The summed E-state index contributed by atoms with van der Waals surface area (Å²) in [4.78, 5) is 2.42. The maximum atomic E-state index is 8.98. The van der Waals surface area contributed by atoms with Crippen LogP contribution in [0, 0.1) is 0 Å². The zero-order valence-electron chi connectivity index (χ0n) is 10.2. The predicted octanol–water partition coefficient (Wildman–Crippen LogP) is 1.22. The summed E-state index contributed by atoms with van der Waals surface area (Å²) in [6.07, 6.45) is 5.15. The van der Waals surface area contributed by atoms with Crippen molar-refractivity contribution < 1.29 is 5.11 Å². The maximum absolute atomic E-state index is 8.98. The molecule has 0 aromatic carbocycles. The van der Waals surface area contributed by atoms with E-state index in [1.807, 2.05) is 0 Å². The molecular weight excluding hydrogens is 188 g/mol. The number of likely N-dealkylation sites (N-methyl/N-ethyl adjacent to an activating group) is 1. The highest BCUT2D eigenvalue weighted by atomic mass is 16.3. The Bertz CT molecular complexity index is 156. The highest BCUT2D eigenvalue weighted by molar-refractivity contribution is 4.82. The Morgan fingerprint density at radius 1 is 1.20 bits per heavy atom. The number of nitrogens with zero attached hydrogens (tertiary/aromatic N) is 1. The summed E-state index contributed by atoms with van der Waals surface area (Å²) < 4.78 is 0. The lowest BCUT2D eigenvalue weighted by molar-refractivity contribution is 0.122. The zero-order valence-corrected chi connectivity index (χ0v) is 10.2. The number of aliphatic hydroxyl groups excluding tert-OH is 1. The Morgan fingerprint density at radius 2 is 1.87 bits per heavy atom. The SMILES string of the molecule is CCNC1CCC(N(CC)CCO)CC1. The highest BCUT2D eigenvalue weighted by Crippen LogP contribution is 2.22. The van der Waals surface area contributed by atoms with E-state index in [1.165, 1.54) is 25.7 Å². The van der Waals surface area contributed by atoms with Crippen LogP contribution in [0.4, 0.5) is 0 Å². The molecule has 0 bridgehead atoms. The van der Waals surface area contributed by atoms with E-state index in [4.69, 9.17) is 5.11 Å². The first-order valence-corrected chi connectivity index (χ1v) is 6.40. The minimum absolute atomic E-state index is 0.293. The summed E-state index contributed by atoms with van der Waals surface area (Å²) in [5.74, 6) is 0. The van der Waals surface area contributed by atoms with E-state index in [9.17, 15) is 0 Å². The summed E-state index contributed by atoms with van der Waals surface area (Å²) in [6.45, 7) is 7.65. The van der Waals surface area contributed by atoms with Crippen molar-refractivity contribution in [1.82, 2.24) is 10.2 Å². The van der Waals surface area contributed by atoms with Gasteiger partial charge in [0.25, 0.3) is 0 Å². The average molecular weight is 214 g/mol. The zero-order chi connectivity index (χ0) is 11.1. The first kappa shape index (κ1) is 12.9. The van der Waals surface area contributed by atoms with Gasteiger partial charge in [-0.2, -0.15) is 0 Å². The van der Waals surface area contributed by atoms with Gasteiger partial charge in [0.05, 0.1) is 6.61 Å². The molecule has 3 heteroatoms. The van der Waals surface area contributed by atoms with Crippen molar-refractivity contribution in [3.05, 3.63) is 0 Å². The smallest absolute Gasteiger partial charge is 0.0558 e. The molecule has 0 aromatic rings. The van der Waals surface area contributed by atoms with Gasteiger partial charge in [-0.1, -0.05) is 13.8 Å². The van der Waals surface area contributed by atoms with Crippen molar-refractivity contribution in [2.45, 2.75) is 51.6 Å². The molecular formula is C12H26N2O. The summed E-state index contributed by atoms with van der Waals surface area (Å²) in [5, 5.41) is 12.5. The minimum atomic E-state index is 0.293. The maximum Gasteiger partial charge on any atom is 0.0558 e. The Kier molecular flexibility index (Phi) is 6.22. The van der Waals surface area contributed by atoms with Crippen LogP contribution in [-0.2, 0) is 0 Å². The highest BCUT2D eigenvalue weighted by Gasteiger charge is 2.23. The van der Waals surface area contributed by atoms with E-state index in [2.05, 4.69) is 24.1 Å². The molecule has 0 aliphatic heterocycles. The second kappa shape index (κ2) is 7.20. The molecule has 0 atom stereocenters. The summed E-state index contributed by atoms with van der Waals surface area (Å²) in [5.41, 5.74) is 0. The van der Waals surface area contributed by atoms with E-state index in [0.717, 1.165) is 25.7 Å². The van der Waals surface area contributed by atoms with Crippen molar-refractivity contribution in [3.63, 3.8) is 0 Å². The Hall–Kier alpha value is -0.120. The van der Waals surface area contributed by atoms with Crippen LogP contribution in [-0.4, -0.2) is 48.3 Å². The molecule has 1 saturated carbocycles. The molecule has 0 saturated heterocycles. The molecule has 0 aromatic heterocycles. The first-order valence-electron chi connectivity index (χ1n) is 6.40. The summed E-state index contributed by atoms with van der Waals surface area (Å²) in [6, 6.07) is 1.44. The number of nitrogens with one attached hydrogen (secondary N) is 1. The van der Waals surface area contributed by atoms with Gasteiger partial charge in [-0.3, -0.25) is 4.90 Å². The third-order valence-corrected chi connectivity index (χ3v) is 3.50. The van der Waals surface area contributed by atoms with Crippen LogP contribution in [0.3, 0.4) is 0 Å². The number of rotatable bonds is 6. The summed E-state index contributed by atoms with van der Waals surface area (Å²) in [7, 11) is 0. The first-order chi connectivity index (χ1) is 7.31. The molecule has 0 heterocycles. The Labute approximate surface area is 93.9 Å². The molecule has 0 amide bonds. The molecule has 3 nitrogen and oxygen atoms in total. The minimum Gasteiger partial charge on any atom is -0.395 e. The second-order valence-corrected chi connectivity index (χ2v) is 4.42. The lowest BCUT2D eigenvalue weighted by Crippen LogP contribution is -2.43. The van der Waals surface area contributed by atoms with E-state index in [1.54, 1.807) is 0 Å². The van der Waals surface area contributed by atoms with Gasteiger partial charge in [0.2, 0.25) is 0 Å². The largest absolute Gasteiger partial charge is 0.395 e. The van der Waals surface area contributed by atoms with Crippen molar-refractivity contribution in [3.8, 4) is 0 Å². The van der Waals surface area contributed by atoms with Crippen LogP contribution >= 0.6 is 0 Å². The van der Waals surface area contributed by atoms with Gasteiger partial charge in [-0.25, -0.2) is 0 Å². The predicted molar refractivity (Wildman–Crippen MR) is 64.1 cm³/mol. The molecule has 0 spiro atoms. The monoisotopic (exact) mass is 214 g/mol. The van der Waals surface area contributed by atoms with Gasteiger partial charge in [0, 0.05) is 18.6 Å². The quantitative estimate of drug-likeness (QED) is 0.698. The van der Waals surface area contributed by atoms with Gasteiger partial charge >= 0.3 is 0 Å². The standard InChI is InChI=1S/C12H26N2O/c1-3-13-11-5-7-12(8-6-11)14(4-2)9-10-15/h11-13,15H,3-10H2,1-2H3. The van der Waals surface area contributed by atoms with Gasteiger partial charge in [0.15, 0.2) is 0 Å². The molecule has 1 aliphatic rings. The van der Waals surface area contributed by atoms with E-state index < -0.39 is 0 Å². The Morgan fingerprint density at radius 3 is 2.33 bits per heavy atom. The van der Waals surface area contributed by atoms with Crippen LogP contribution in [0.5, 0.6) is 0 Å². The number of aliphatic hydroxyl groups is 1. The van der Waals surface area contributed by atoms with Crippen LogP contribution in [0.25, 0.3) is 0 Å². The Balaban J connectivity index is 2.28. The molecule has 2 N–H and O–H groups in total. The molecule has 1 fully saturated rings. The molecule has 1 rings (SSSR count). The van der Waals surface area contributed by atoms with Crippen LogP contribution in [0.15, 0.2) is 0 Å². The van der Waals surface area contributed by atoms with Crippen molar-refractivity contribution in [1.29, 1.82) is 0 Å². The van der Waals surface area contributed by atoms with Crippen LogP contribution in [0.1, 0.15) is 39.5 Å². The van der Waals surface area contributed by atoms with E-state index in [0.29, 0.717) is 12.6 Å². The van der Waals surface area contributed by atoms with Crippen molar-refractivity contribution >= 4 is 0 Å². The topological polar surface area (TPSA) is 35.5 Å². The fraction of sp³-hybridized carbons (Fsp3) is 1.00. The van der Waals surface area contributed by atoms with E-state index >= 15 is 0 Å². The van der Waals surface area contributed by atoms with Crippen LogP contribution < -0.4 is 5.32 Å². The molecule has 0 radical (unpaired) electrons. The fourth-order valence-electron chi connectivity index (χ4n) is 2.66. The van der Waals surface area contributed by atoms with Crippen molar-refractivity contribution in [2.75, 3.05) is 26.2 Å². The second-order valence-electron chi connectivity index (χ2n) is 4.42. The summed E-state index contributed by atoms with van der Waals surface area (Å²) >= 11 is 0.